The van der Waals surface area contributed by atoms with Gasteiger partial charge in [0.1, 0.15) is 6.54 Å². The predicted octanol–water partition coefficient (Wildman–Crippen LogP) is 1.67. The molecule has 27 heavy (non-hydrogen) atoms. The van der Waals surface area contributed by atoms with Gasteiger partial charge in [0.2, 0.25) is 5.91 Å². The Kier molecular flexibility index (Phi) is 4.35. The number of carbonyl (C=O) groups is 1. The van der Waals surface area contributed by atoms with Crippen molar-refractivity contribution < 1.29 is 17.6 Å². The number of nitrogens with zero attached hydrogens (tertiary/aromatic N) is 2. The molecule has 0 bridgehead atoms. The van der Waals surface area contributed by atoms with Crippen molar-refractivity contribution in [2.75, 3.05) is 13.1 Å². The molecule has 2 aromatic carbocycles. The summed E-state index contributed by atoms with van der Waals surface area (Å²) in [6, 6.07) is 15.1. The molecule has 1 unspecified atom stereocenters. The van der Waals surface area contributed by atoms with E-state index in [1.807, 2.05) is 0 Å². The molecule has 4 rings (SSSR count). The van der Waals surface area contributed by atoms with Crippen LogP contribution in [0.5, 0.6) is 0 Å². The minimum absolute atomic E-state index is 0.126. The Morgan fingerprint density at radius 3 is 2.56 bits per heavy atom. The third kappa shape index (κ3) is 3.16. The van der Waals surface area contributed by atoms with E-state index >= 15 is 0 Å². The number of fused-ring (bicyclic) bond motifs is 1. The van der Waals surface area contributed by atoms with Crippen LogP contribution in [0, 0.1) is 0 Å². The Balaban J connectivity index is 1.51. The second-order valence-corrected chi connectivity index (χ2v) is 8.76. The van der Waals surface area contributed by atoms with E-state index in [1.54, 1.807) is 54.6 Å². The number of hydrogen-bond acceptors (Lipinski definition) is 5. The van der Waals surface area contributed by atoms with Crippen molar-refractivity contribution in [1.82, 2.24) is 9.47 Å². The maximum Gasteiger partial charge on any atom is 0.420 e. The fourth-order valence-electron chi connectivity index (χ4n) is 3.41. The lowest BCUT2D eigenvalue weighted by atomic mass is 10.3. The number of oxazole rings is 1. The summed E-state index contributed by atoms with van der Waals surface area (Å²) in [6.07, 6.45) is 0.379. The third-order valence-electron chi connectivity index (χ3n) is 4.88. The fraction of sp³-hybridized carbons (Fsp3) is 0.263. The zero-order valence-corrected chi connectivity index (χ0v) is 15.3. The van der Waals surface area contributed by atoms with Gasteiger partial charge in [-0.3, -0.25) is 9.36 Å². The normalized spacial score (nSPS) is 17.5. The van der Waals surface area contributed by atoms with Gasteiger partial charge < -0.3 is 9.32 Å². The van der Waals surface area contributed by atoms with Gasteiger partial charge in [0.25, 0.3) is 0 Å². The SMILES string of the molecule is O=C(Cn1c(=O)oc2ccccc21)N1CCC(S(=O)(=O)c2ccccc2)C1. The Hall–Kier alpha value is -2.87. The van der Waals surface area contributed by atoms with Crippen LogP contribution in [0.1, 0.15) is 6.42 Å². The van der Waals surface area contributed by atoms with E-state index in [0.717, 1.165) is 0 Å². The summed E-state index contributed by atoms with van der Waals surface area (Å²) in [6.45, 7) is 0.300. The van der Waals surface area contributed by atoms with Crippen molar-refractivity contribution in [2.24, 2.45) is 0 Å². The number of hydrogen-bond donors (Lipinski definition) is 0. The van der Waals surface area contributed by atoms with Gasteiger partial charge in [0.05, 0.1) is 15.7 Å². The first-order valence-corrected chi connectivity index (χ1v) is 10.2. The number of likely N-dealkylation sites (tertiary alicyclic amines) is 1. The smallest absolute Gasteiger partial charge is 0.408 e. The summed E-state index contributed by atoms with van der Waals surface area (Å²) < 4.78 is 31.9. The van der Waals surface area contributed by atoms with Crippen LogP contribution in [0.3, 0.4) is 0 Å². The third-order valence-corrected chi connectivity index (χ3v) is 7.07. The van der Waals surface area contributed by atoms with E-state index in [0.29, 0.717) is 24.1 Å². The molecule has 140 valence electrons. The zero-order chi connectivity index (χ0) is 19.0. The molecule has 1 saturated heterocycles. The van der Waals surface area contributed by atoms with E-state index in [2.05, 4.69) is 0 Å². The molecule has 3 aromatic rings. The molecular weight excluding hydrogens is 368 g/mol. The van der Waals surface area contributed by atoms with Crippen LogP contribution >= 0.6 is 0 Å². The molecule has 0 radical (unpaired) electrons. The van der Waals surface area contributed by atoms with E-state index in [1.165, 1.54) is 9.47 Å². The highest BCUT2D eigenvalue weighted by atomic mass is 32.2. The Bertz CT molecular complexity index is 1150. The number of carbonyl (C=O) groups excluding carboxylic acids is 1. The maximum absolute atomic E-state index is 12.7. The van der Waals surface area contributed by atoms with Crippen LogP contribution in [0.2, 0.25) is 0 Å². The Morgan fingerprint density at radius 2 is 1.78 bits per heavy atom. The van der Waals surface area contributed by atoms with Crippen LogP contribution in [0.15, 0.2) is 68.7 Å². The minimum atomic E-state index is -3.49. The highest BCUT2D eigenvalue weighted by Gasteiger charge is 2.36. The van der Waals surface area contributed by atoms with Crippen LogP contribution in [-0.4, -0.2) is 42.1 Å². The lowest BCUT2D eigenvalue weighted by Gasteiger charge is -2.17. The van der Waals surface area contributed by atoms with Gasteiger partial charge in [-0.05, 0) is 30.7 Å². The molecule has 0 aliphatic carbocycles. The van der Waals surface area contributed by atoms with Crippen molar-refractivity contribution in [3.8, 4) is 0 Å². The van der Waals surface area contributed by atoms with Crippen molar-refractivity contribution in [3.05, 3.63) is 65.1 Å². The standard InChI is InChI=1S/C19H18N2O5S/c22-18(13-21-16-8-4-5-9-17(16)26-19(21)23)20-11-10-15(12-20)27(24,25)14-6-2-1-3-7-14/h1-9,15H,10-13H2. The molecule has 1 aliphatic heterocycles. The summed E-state index contributed by atoms with van der Waals surface area (Å²) in [7, 11) is -3.49. The van der Waals surface area contributed by atoms with Crippen LogP contribution in [0.4, 0.5) is 0 Å². The van der Waals surface area contributed by atoms with Gasteiger partial charge in [-0.1, -0.05) is 30.3 Å². The maximum atomic E-state index is 12.7. The quantitative estimate of drug-likeness (QED) is 0.680. The number of aromatic nitrogens is 1. The molecular formula is C19H18N2O5S. The Morgan fingerprint density at radius 1 is 1.07 bits per heavy atom. The molecule has 1 amide bonds. The van der Waals surface area contributed by atoms with Crippen LogP contribution in [-0.2, 0) is 21.2 Å². The summed E-state index contributed by atoms with van der Waals surface area (Å²) in [4.78, 5) is 26.4. The van der Waals surface area contributed by atoms with Crippen molar-refractivity contribution in [3.63, 3.8) is 0 Å². The molecule has 1 aromatic heterocycles. The number of amides is 1. The van der Waals surface area contributed by atoms with Gasteiger partial charge in [0.15, 0.2) is 15.4 Å². The summed E-state index contributed by atoms with van der Waals surface area (Å²) in [5.41, 5.74) is 0.963. The molecule has 0 spiro atoms. The lowest BCUT2D eigenvalue weighted by Crippen LogP contribution is -2.35. The van der Waals surface area contributed by atoms with Gasteiger partial charge in [-0.15, -0.1) is 0 Å². The topological polar surface area (TPSA) is 89.6 Å². The van der Waals surface area contributed by atoms with E-state index < -0.39 is 20.8 Å². The van der Waals surface area contributed by atoms with Gasteiger partial charge in [0, 0.05) is 13.1 Å². The average molecular weight is 386 g/mol. The molecule has 8 heteroatoms. The highest BCUT2D eigenvalue weighted by Crippen LogP contribution is 2.24. The minimum Gasteiger partial charge on any atom is -0.408 e. The van der Waals surface area contributed by atoms with E-state index in [4.69, 9.17) is 4.42 Å². The van der Waals surface area contributed by atoms with Gasteiger partial charge >= 0.3 is 5.76 Å². The molecule has 1 fully saturated rings. The van der Waals surface area contributed by atoms with Gasteiger partial charge in [-0.2, -0.15) is 0 Å². The first-order valence-electron chi connectivity index (χ1n) is 8.62. The van der Waals surface area contributed by atoms with E-state index in [9.17, 15) is 18.0 Å². The molecule has 0 saturated carbocycles. The van der Waals surface area contributed by atoms with E-state index in [-0.39, 0.29) is 23.9 Å². The van der Waals surface area contributed by atoms with Crippen molar-refractivity contribution >= 4 is 26.8 Å². The molecule has 1 atom stereocenters. The molecule has 2 heterocycles. The zero-order valence-electron chi connectivity index (χ0n) is 14.4. The highest BCUT2D eigenvalue weighted by molar-refractivity contribution is 7.92. The molecule has 1 aliphatic rings. The van der Waals surface area contributed by atoms with Crippen molar-refractivity contribution in [2.45, 2.75) is 23.1 Å². The van der Waals surface area contributed by atoms with Crippen LogP contribution in [0.25, 0.3) is 11.1 Å². The Labute approximate surface area is 155 Å². The number of rotatable bonds is 4. The first-order chi connectivity index (χ1) is 13.0. The summed E-state index contributed by atoms with van der Waals surface area (Å²) >= 11 is 0. The largest absolute Gasteiger partial charge is 0.420 e. The number of sulfone groups is 1. The lowest BCUT2D eigenvalue weighted by molar-refractivity contribution is -0.130. The summed E-state index contributed by atoms with van der Waals surface area (Å²) in [5, 5.41) is -0.637. The summed E-state index contributed by atoms with van der Waals surface area (Å²) in [5.74, 6) is -0.897. The fourth-order valence-corrected chi connectivity index (χ4v) is 5.12. The molecule has 0 N–H and O–H groups in total. The number of para-hydroxylation sites is 2. The predicted molar refractivity (Wildman–Crippen MR) is 99.1 cm³/mol. The van der Waals surface area contributed by atoms with Crippen molar-refractivity contribution in [1.29, 1.82) is 0 Å². The van der Waals surface area contributed by atoms with Gasteiger partial charge in [-0.25, -0.2) is 13.2 Å². The number of benzene rings is 2. The monoisotopic (exact) mass is 386 g/mol. The second-order valence-electron chi connectivity index (χ2n) is 6.53. The average Bonchev–Trinajstić information content (AvgIpc) is 3.29. The second kappa shape index (κ2) is 6.70. The van der Waals surface area contributed by atoms with Crippen LogP contribution < -0.4 is 5.76 Å². The first kappa shape index (κ1) is 17.5. The molecule has 7 nitrogen and oxygen atoms in total.